The van der Waals surface area contributed by atoms with Crippen LogP contribution >= 0.6 is 34.9 Å². The van der Waals surface area contributed by atoms with E-state index < -0.39 is 9.05 Å². The topological polar surface area (TPSA) is 57.9 Å². The Morgan fingerprint density at radius 1 is 1.47 bits per heavy atom. The quantitative estimate of drug-likeness (QED) is 0.515. The van der Waals surface area contributed by atoms with Crippen molar-refractivity contribution in [3.8, 4) is 6.07 Å². The number of thiol groups is 1. The van der Waals surface area contributed by atoms with Gasteiger partial charge in [-0.2, -0.15) is 5.26 Å². The molecule has 80 valence electrons. The first kappa shape index (κ1) is 12.7. The van der Waals surface area contributed by atoms with Crippen LogP contribution in [0.1, 0.15) is 11.1 Å². The van der Waals surface area contributed by atoms with Gasteiger partial charge in [0.25, 0.3) is 9.05 Å². The van der Waals surface area contributed by atoms with Gasteiger partial charge < -0.3 is 0 Å². The fraction of sp³-hybridized carbons (Fsp3) is 0.125. The zero-order chi connectivity index (χ0) is 11.6. The van der Waals surface area contributed by atoms with Gasteiger partial charge in [-0.25, -0.2) is 8.42 Å². The second-order valence-electron chi connectivity index (χ2n) is 2.62. The number of nitriles is 1. The Bertz CT molecular complexity index is 534. The average molecular weight is 282 g/mol. The lowest BCUT2D eigenvalue weighted by Gasteiger charge is -2.07. The lowest BCUT2D eigenvalue weighted by atomic mass is 10.1. The molecule has 0 aromatic heterocycles. The first-order chi connectivity index (χ1) is 6.91. The number of hydrogen-bond donors (Lipinski definition) is 1. The molecule has 7 heteroatoms. The van der Waals surface area contributed by atoms with Crippen molar-refractivity contribution in [1.82, 2.24) is 0 Å². The summed E-state index contributed by atoms with van der Waals surface area (Å²) in [5.74, 6) is 0.00196. The van der Waals surface area contributed by atoms with E-state index in [9.17, 15) is 8.42 Å². The molecule has 0 bridgehead atoms. The molecule has 0 N–H and O–H groups in total. The van der Waals surface area contributed by atoms with Gasteiger partial charge in [0.15, 0.2) is 0 Å². The molecule has 0 aliphatic carbocycles. The summed E-state index contributed by atoms with van der Waals surface area (Å²) in [5.41, 5.74) is 0.656. The van der Waals surface area contributed by atoms with Crippen molar-refractivity contribution in [3.05, 3.63) is 23.3 Å². The number of halogens is 2. The number of alkyl halides is 1. The molecule has 0 amide bonds. The molecule has 3 nitrogen and oxygen atoms in total. The summed E-state index contributed by atoms with van der Waals surface area (Å²) >= 11 is 9.61. The highest BCUT2D eigenvalue weighted by Crippen LogP contribution is 2.29. The van der Waals surface area contributed by atoms with E-state index in [4.69, 9.17) is 27.5 Å². The molecule has 0 saturated carbocycles. The van der Waals surface area contributed by atoms with Crippen LogP contribution in [0.5, 0.6) is 0 Å². The summed E-state index contributed by atoms with van der Waals surface area (Å²) in [5, 5.41) is 8.74. The molecule has 0 fully saturated rings. The van der Waals surface area contributed by atoms with Crippen LogP contribution in [0.4, 0.5) is 0 Å². The van der Waals surface area contributed by atoms with E-state index in [0.29, 0.717) is 11.1 Å². The van der Waals surface area contributed by atoms with Crippen LogP contribution in [0, 0.1) is 11.3 Å². The second-order valence-corrected chi connectivity index (χ2v) is 5.87. The minimum Gasteiger partial charge on any atom is -0.207 e. The van der Waals surface area contributed by atoms with Crippen LogP contribution in [-0.4, -0.2) is 8.42 Å². The van der Waals surface area contributed by atoms with Gasteiger partial charge in [-0.1, -0.05) is 0 Å². The van der Waals surface area contributed by atoms with Crippen LogP contribution in [0.25, 0.3) is 0 Å². The maximum atomic E-state index is 11.1. The SMILES string of the molecule is N#Cc1ccc(S(=O)(=O)Cl)c(S)c1CCl. The van der Waals surface area contributed by atoms with E-state index in [1.54, 1.807) is 0 Å². The molecule has 0 spiro atoms. The Kier molecular flexibility index (Phi) is 3.90. The molecule has 0 radical (unpaired) electrons. The highest BCUT2D eigenvalue weighted by Gasteiger charge is 2.18. The molecule has 15 heavy (non-hydrogen) atoms. The first-order valence-electron chi connectivity index (χ1n) is 3.67. The minimum absolute atomic E-state index is 0.00196. The number of nitrogens with zero attached hydrogens (tertiary/aromatic N) is 1. The van der Waals surface area contributed by atoms with Gasteiger partial charge in [-0.05, 0) is 17.7 Å². The van der Waals surface area contributed by atoms with Gasteiger partial charge in [-0.3, -0.25) is 0 Å². The molecule has 0 unspecified atom stereocenters. The van der Waals surface area contributed by atoms with Crippen LogP contribution in [-0.2, 0) is 14.9 Å². The van der Waals surface area contributed by atoms with Crippen molar-refractivity contribution >= 4 is 44.0 Å². The van der Waals surface area contributed by atoms with Crippen LogP contribution in [0.2, 0.25) is 0 Å². The van der Waals surface area contributed by atoms with Gasteiger partial charge in [0.2, 0.25) is 0 Å². The van der Waals surface area contributed by atoms with Crippen molar-refractivity contribution in [1.29, 1.82) is 5.26 Å². The fourth-order valence-corrected chi connectivity index (χ4v) is 3.19. The van der Waals surface area contributed by atoms with Gasteiger partial charge in [0, 0.05) is 21.5 Å². The van der Waals surface area contributed by atoms with E-state index in [1.807, 2.05) is 6.07 Å². The van der Waals surface area contributed by atoms with Crippen LogP contribution in [0.15, 0.2) is 21.9 Å². The van der Waals surface area contributed by atoms with E-state index in [0.717, 1.165) is 0 Å². The van der Waals surface area contributed by atoms with Crippen LogP contribution < -0.4 is 0 Å². The summed E-state index contributed by atoms with van der Waals surface area (Å²) in [7, 11) is 1.32. The monoisotopic (exact) mass is 281 g/mol. The number of hydrogen-bond acceptors (Lipinski definition) is 4. The molecule has 0 saturated heterocycles. The third-order valence-electron chi connectivity index (χ3n) is 1.76. The molecule has 0 atom stereocenters. The normalized spacial score (nSPS) is 11.1. The zero-order valence-corrected chi connectivity index (χ0v) is 10.5. The fourth-order valence-electron chi connectivity index (χ4n) is 1.05. The highest BCUT2D eigenvalue weighted by atomic mass is 35.7. The number of rotatable bonds is 2. The Balaban J connectivity index is 3.59. The molecule has 0 heterocycles. The first-order valence-corrected chi connectivity index (χ1v) is 6.96. The Morgan fingerprint density at radius 3 is 2.47 bits per heavy atom. The molecule has 1 aromatic carbocycles. The van der Waals surface area contributed by atoms with Crippen molar-refractivity contribution in [3.63, 3.8) is 0 Å². The Labute approximate surface area is 102 Å². The van der Waals surface area contributed by atoms with Gasteiger partial charge in [0.1, 0.15) is 0 Å². The largest absolute Gasteiger partial charge is 0.262 e. The summed E-state index contributed by atoms with van der Waals surface area (Å²) in [6, 6.07) is 4.48. The number of benzene rings is 1. The predicted molar refractivity (Wildman–Crippen MR) is 61.0 cm³/mol. The lowest BCUT2D eigenvalue weighted by Crippen LogP contribution is -1.98. The van der Waals surface area contributed by atoms with Crippen molar-refractivity contribution in [2.45, 2.75) is 15.7 Å². The Morgan fingerprint density at radius 2 is 2.07 bits per heavy atom. The van der Waals surface area contributed by atoms with E-state index >= 15 is 0 Å². The van der Waals surface area contributed by atoms with E-state index in [1.165, 1.54) is 12.1 Å². The standard InChI is InChI=1S/C8H5Cl2NO2S2/c9-3-6-5(4-11)1-2-7(8(6)14)15(10,12)13/h1-2,14H,3H2. The van der Waals surface area contributed by atoms with E-state index in [-0.39, 0.29) is 15.7 Å². The summed E-state index contributed by atoms with van der Waals surface area (Å²) in [6.45, 7) is 0. The molecule has 1 rings (SSSR count). The maximum absolute atomic E-state index is 11.1. The van der Waals surface area contributed by atoms with Crippen molar-refractivity contribution in [2.75, 3.05) is 0 Å². The minimum atomic E-state index is -3.86. The van der Waals surface area contributed by atoms with Crippen LogP contribution in [0.3, 0.4) is 0 Å². The molecular formula is C8H5Cl2NO2S2. The zero-order valence-electron chi connectivity index (χ0n) is 7.24. The van der Waals surface area contributed by atoms with Gasteiger partial charge in [0.05, 0.1) is 16.5 Å². The summed E-state index contributed by atoms with van der Waals surface area (Å²) in [4.78, 5) is -0.0128. The summed E-state index contributed by atoms with van der Waals surface area (Å²) < 4.78 is 22.2. The van der Waals surface area contributed by atoms with Gasteiger partial charge >= 0.3 is 0 Å². The average Bonchev–Trinajstić information content (AvgIpc) is 2.15. The molecule has 1 aromatic rings. The van der Waals surface area contributed by atoms with E-state index in [2.05, 4.69) is 12.6 Å². The molecule has 0 aliphatic heterocycles. The maximum Gasteiger partial charge on any atom is 0.262 e. The van der Waals surface area contributed by atoms with Crippen molar-refractivity contribution < 1.29 is 8.42 Å². The molecule has 0 aliphatic rings. The van der Waals surface area contributed by atoms with Crippen molar-refractivity contribution in [2.24, 2.45) is 0 Å². The lowest BCUT2D eigenvalue weighted by molar-refractivity contribution is 0.607. The third-order valence-corrected chi connectivity index (χ3v) is 4.06. The van der Waals surface area contributed by atoms with Gasteiger partial charge in [-0.15, -0.1) is 24.2 Å². The highest BCUT2D eigenvalue weighted by molar-refractivity contribution is 8.14. The Hall–Kier alpha value is -0.410. The second kappa shape index (κ2) is 4.62. The smallest absolute Gasteiger partial charge is 0.207 e. The predicted octanol–water partition coefficient (Wildman–Crippen LogP) is 2.51. The summed E-state index contributed by atoms with van der Waals surface area (Å²) in [6.07, 6.45) is 0. The molecular weight excluding hydrogens is 277 g/mol. The third kappa shape index (κ3) is 2.58.